The van der Waals surface area contributed by atoms with Gasteiger partial charge in [0.15, 0.2) is 0 Å². The van der Waals surface area contributed by atoms with E-state index in [-0.39, 0.29) is 0 Å². The van der Waals surface area contributed by atoms with Crippen LogP contribution in [0.5, 0.6) is 0 Å². The van der Waals surface area contributed by atoms with Gasteiger partial charge >= 0.3 is 0 Å². The van der Waals surface area contributed by atoms with E-state index in [0.717, 1.165) is 11.1 Å². The summed E-state index contributed by atoms with van der Waals surface area (Å²) in [7, 11) is -3.28. The zero-order chi connectivity index (χ0) is 12.6. The third kappa shape index (κ3) is 2.50. The van der Waals surface area contributed by atoms with Gasteiger partial charge in [0, 0.05) is 16.8 Å². The molecule has 2 rings (SSSR count). The van der Waals surface area contributed by atoms with Gasteiger partial charge in [0.25, 0.3) is 0 Å². The summed E-state index contributed by atoms with van der Waals surface area (Å²) >= 11 is 1.73. The minimum atomic E-state index is -3.28. The molecule has 0 radical (unpaired) electrons. The lowest BCUT2D eigenvalue weighted by molar-refractivity contribution is 0.605. The predicted molar refractivity (Wildman–Crippen MR) is 73.6 cm³/mol. The summed E-state index contributed by atoms with van der Waals surface area (Å²) < 4.78 is 23.8. The third-order valence-electron chi connectivity index (χ3n) is 2.53. The first-order chi connectivity index (χ1) is 7.90. The van der Waals surface area contributed by atoms with Crippen molar-refractivity contribution in [2.45, 2.75) is 24.0 Å². The van der Waals surface area contributed by atoms with Crippen molar-refractivity contribution < 1.29 is 8.42 Å². The van der Waals surface area contributed by atoms with Crippen molar-refractivity contribution in [1.29, 1.82) is 0 Å². The fourth-order valence-electron chi connectivity index (χ4n) is 1.72. The highest BCUT2D eigenvalue weighted by Gasteiger charge is 2.26. The largest absolute Gasteiger partial charge is 0.399 e. The SMILES string of the molecule is CC(C)SCC1=CS(=O)(=O)c2cc(N)ccc21. The molecule has 3 nitrogen and oxygen atoms in total. The molecule has 1 heterocycles. The second kappa shape index (κ2) is 4.38. The Bertz CT molecular complexity index is 574. The van der Waals surface area contributed by atoms with Gasteiger partial charge in [-0.1, -0.05) is 19.9 Å². The maximum atomic E-state index is 11.9. The van der Waals surface area contributed by atoms with E-state index in [1.165, 1.54) is 11.5 Å². The van der Waals surface area contributed by atoms with E-state index in [9.17, 15) is 8.42 Å². The number of fused-ring (bicyclic) bond motifs is 1. The van der Waals surface area contributed by atoms with Crippen LogP contribution in [0.3, 0.4) is 0 Å². The van der Waals surface area contributed by atoms with Gasteiger partial charge < -0.3 is 5.73 Å². The molecule has 92 valence electrons. The number of hydrogen-bond acceptors (Lipinski definition) is 4. The number of anilines is 1. The second-order valence-electron chi connectivity index (χ2n) is 4.30. The first-order valence-corrected chi connectivity index (χ1v) is 7.97. The van der Waals surface area contributed by atoms with Crippen molar-refractivity contribution in [3.63, 3.8) is 0 Å². The molecule has 1 aliphatic rings. The van der Waals surface area contributed by atoms with Crippen molar-refractivity contribution in [2.75, 3.05) is 11.5 Å². The molecule has 1 aromatic carbocycles. The lowest BCUT2D eigenvalue weighted by Crippen LogP contribution is -1.96. The Morgan fingerprint density at radius 3 is 2.71 bits per heavy atom. The number of hydrogen-bond donors (Lipinski definition) is 1. The second-order valence-corrected chi connectivity index (χ2v) is 7.63. The molecule has 0 saturated carbocycles. The molecule has 5 heteroatoms. The van der Waals surface area contributed by atoms with E-state index < -0.39 is 9.84 Å². The van der Waals surface area contributed by atoms with Gasteiger partial charge in [-0.05, 0) is 28.5 Å². The Morgan fingerprint density at radius 2 is 2.06 bits per heavy atom. The van der Waals surface area contributed by atoms with Crippen LogP contribution in [0.1, 0.15) is 19.4 Å². The number of rotatable bonds is 3. The molecule has 0 aliphatic carbocycles. The van der Waals surface area contributed by atoms with E-state index in [4.69, 9.17) is 5.73 Å². The van der Waals surface area contributed by atoms with Crippen LogP contribution in [0.15, 0.2) is 28.5 Å². The van der Waals surface area contributed by atoms with Crippen LogP contribution in [0.25, 0.3) is 5.57 Å². The Labute approximate surface area is 106 Å². The Balaban J connectivity index is 2.40. The molecule has 0 bridgehead atoms. The fourth-order valence-corrected chi connectivity index (χ4v) is 4.10. The van der Waals surface area contributed by atoms with Crippen LogP contribution in [0.4, 0.5) is 5.69 Å². The van der Waals surface area contributed by atoms with E-state index in [2.05, 4.69) is 13.8 Å². The summed E-state index contributed by atoms with van der Waals surface area (Å²) in [5, 5.41) is 1.85. The lowest BCUT2D eigenvalue weighted by atomic mass is 10.1. The van der Waals surface area contributed by atoms with Crippen LogP contribution < -0.4 is 5.73 Å². The number of benzene rings is 1. The number of nitrogen functional groups attached to an aromatic ring is 1. The first-order valence-electron chi connectivity index (χ1n) is 5.37. The molecule has 0 amide bonds. The summed E-state index contributed by atoms with van der Waals surface area (Å²) in [5.74, 6) is 0.716. The summed E-state index contributed by atoms with van der Waals surface area (Å²) in [6, 6.07) is 5.07. The Hall–Kier alpha value is -0.940. The number of nitrogens with two attached hydrogens (primary N) is 1. The molecule has 0 fully saturated rings. The van der Waals surface area contributed by atoms with Gasteiger partial charge in [-0.2, -0.15) is 11.8 Å². The fraction of sp³-hybridized carbons (Fsp3) is 0.333. The van der Waals surface area contributed by atoms with Crippen molar-refractivity contribution in [1.82, 2.24) is 0 Å². The molecular formula is C12H15NO2S2. The maximum absolute atomic E-state index is 11.9. The molecule has 1 aromatic rings. The third-order valence-corrected chi connectivity index (χ3v) is 5.22. The normalized spacial score (nSPS) is 17.0. The topological polar surface area (TPSA) is 60.2 Å². The smallest absolute Gasteiger partial charge is 0.200 e. The van der Waals surface area contributed by atoms with E-state index in [1.54, 1.807) is 23.9 Å². The van der Waals surface area contributed by atoms with Gasteiger partial charge in [-0.3, -0.25) is 0 Å². The molecule has 1 aliphatic heterocycles. The first kappa shape index (κ1) is 12.5. The van der Waals surface area contributed by atoms with Gasteiger partial charge in [0.2, 0.25) is 9.84 Å². The van der Waals surface area contributed by atoms with E-state index >= 15 is 0 Å². The molecule has 2 N–H and O–H groups in total. The van der Waals surface area contributed by atoms with E-state index in [0.29, 0.717) is 21.6 Å². The molecule has 0 spiro atoms. The number of thioether (sulfide) groups is 1. The summed E-state index contributed by atoms with van der Waals surface area (Å²) in [6.45, 7) is 4.19. The van der Waals surface area contributed by atoms with E-state index in [1.807, 2.05) is 0 Å². The van der Waals surface area contributed by atoms with Crippen LogP contribution in [0.2, 0.25) is 0 Å². The van der Waals surface area contributed by atoms with Gasteiger partial charge in [0.05, 0.1) is 4.90 Å². The van der Waals surface area contributed by atoms with Crippen molar-refractivity contribution >= 4 is 32.9 Å². The maximum Gasteiger partial charge on any atom is 0.200 e. The van der Waals surface area contributed by atoms with Crippen LogP contribution in [0, 0.1) is 0 Å². The highest BCUT2D eigenvalue weighted by Crippen LogP contribution is 2.36. The highest BCUT2D eigenvalue weighted by atomic mass is 32.2. The van der Waals surface area contributed by atoms with Gasteiger partial charge in [0.1, 0.15) is 0 Å². The summed E-state index contributed by atoms with van der Waals surface area (Å²) in [4.78, 5) is 0.344. The van der Waals surface area contributed by atoms with Gasteiger partial charge in [-0.25, -0.2) is 8.42 Å². The monoisotopic (exact) mass is 269 g/mol. The highest BCUT2D eigenvalue weighted by molar-refractivity contribution is 8.00. The molecule has 0 saturated heterocycles. The average Bonchev–Trinajstić information content (AvgIpc) is 2.48. The Morgan fingerprint density at radius 1 is 1.35 bits per heavy atom. The van der Waals surface area contributed by atoms with Crippen molar-refractivity contribution in [3.05, 3.63) is 29.2 Å². The van der Waals surface area contributed by atoms with Crippen molar-refractivity contribution in [2.24, 2.45) is 0 Å². The average molecular weight is 269 g/mol. The molecule has 0 unspecified atom stereocenters. The predicted octanol–water partition coefficient (Wildman–Crippen LogP) is 2.54. The van der Waals surface area contributed by atoms with Gasteiger partial charge in [-0.15, -0.1) is 0 Å². The zero-order valence-corrected chi connectivity index (χ0v) is 11.4. The lowest BCUT2D eigenvalue weighted by Gasteiger charge is -2.07. The van der Waals surface area contributed by atoms with Crippen LogP contribution >= 0.6 is 11.8 Å². The minimum Gasteiger partial charge on any atom is -0.399 e. The standard InChI is InChI=1S/C12H15NO2S2/c1-8(2)16-6-9-7-17(14,15)12-5-10(13)3-4-11(9)12/h3-5,7-8H,6,13H2,1-2H3. The molecule has 17 heavy (non-hydrogen) atoms. The minimum absolute atomic E-state index is 0.344. The zero-order valence-electron chi connectivity index (χ0n) is 9.80. The summed E-state index contributed by atoms with van der Waals surface area (Å²) in [5.41, 5.74) is 7.78. The Kier molecular flexibility index (Phi) is 3.23. The van der Waals surface area contributed by atoms with Crippen LogP contribution in [-0.2, 0) is 9.84 Å². The molecule has 0 aromatic heterocycles. The number of sulfone groups is 1. The van der Waals surface area contributed by atoms with Crippen LogP contribution in [-0.4, -0.2) is 19.4 Å². The molecule has 0 atom stereocenters. The molecular weight excluding hydrogens is 254 g/mol. The summed E-state index contributed by atoms with van der Waals surface area (Å²) in [6.07, 6.45) is 0. The quantitative estimate of drug-likeness (QED) is 0.857. The van der Waals surface area contributed by atoms with Crippen molar-refractivity contribution in [3.8, 4) is 0 Å².